The molecule has 1 aromatic heterocycles. The molecule has 2 heterocycles. The average Bonchev–Trinajstić information content (AvgIpc) is 3.29. The van der Waals surface area contributed by atoms with Crippen molar-refractivity contribution in [3.8, 4) is 17.0 Å². The number of para-hydroxylation sites is 1. The minimum Gasteiger partial charge on any atom is -0.496 e. The Kier molecular flexibility index (Phi) is 6.50. The van der Waals surface area contributed by atoms with E-state index in [0.717, 1.165) is 47.8 Å². The van der Waals surface area contributed by atoms with Gasteiger partial charge in [-0.05, 0) is 60.7 Å². The van der Waals surface area contributed by atoms with Crippen molar-refractivity contribution in [2.24, 2.45) is 0 Å². The van der Waals surface area contributed by atoms with E-state index in [1.54, 1.807) is 19.2 Å². The van der Waals surface area contributed by atoms with Crippen LogP contribution < -0.4 is 15.0 Å². The first kappa shape index (κ1) is 20.9. The van der Waals surface area contributed by atoms with Gasteiger partial charge in [-0.3, -0.25) is 9.89 Å². The first-order valence-electron chi connectivity index (χ1n) is 10.6. The van der Waals surface area contributed by atoms with Gasteiger partial charge in [-0.15, -0.1) is 0 Å². The van der Waals surface area contributed by atoms with E-state index >= 15 is 0 Å². The topological polar surface area (TPSA) is 70.2 Å². The molecule has 162 valence electrons. The fourth-order valence-corrected chi connectivity index (χ4v) is 4.01. The van der Waals surface area contributed by atoms with Crippen LogP contribution in [0, 0.1) is 5.82 Å². The number of nitrogens with zero attached hydrogens (tertiary/aromatic N) is 2. The number of hydrogen-bond acceptors (Lipinski definition) is 4. The molecule has 0 radical (unpaired) electrons. The number of benzene rings is 2. The highest BCUT2D eigenvalue weighted by atomic mass is 19.1. The largest absolute Gasteiger partial charge is 0.496 e. The van der Waals surface area contributed by atoms with Gasteiger partial charge in [0.05, 0.1) is 12.8 Å². The second kappa shape index (κ2) is 9.64. The number of amides is 1. The Bertz CT molecular complexity index is 1020. The predicted molar refractivity (Wildman–Crippen MR) is 119 cm³/mol. The summed E-state index contributed by atoms with van der Waals surface area (Å²) in [7, 11) is 1.64. The van der Waals surface area contributed by atoms with Crippen molar-refractivity contribution >= 4 is 11.7 Å². The maximum atomic E-state index is 13.2. The Morgan fingerprint density at radius 1 is 1.26 bits per heavy atom. The van der Waals surface area contributed by atoms with Crippen LogP contribution in [0.1, 0.15) is 24.8 Å². The summed E-state index contributed by atoms with van der Waals surface area (Å²) >= 11 is 0. The van der Waals surface area contributed by atoms with Gasteiger partial charge in [0, 0.05) is 31.6 Å². The smallest absolute Gasteiger partial charge is 0.220 e. The third-order valence-electron chi connectivity index (χ3n) is 5.64. The third-order valence-corrected chi connectivity index (χ3v) is 5.64. The second-order valence-corrected chi connectivity index (χ2v) is 7.81. The standard InChI is InChI=1S/C24H27FN4O2/c1-31-22-7-3-2-5-18(22)10-13-24(30)26-20-6-4-14-29(16-20)23-15-21(27-28-23)17-8-11-19(25)12-9-17/h2-3,5,7-9,11-12,15,20H,4,6,10,13-14,16H2,1H3,(H,26,30)(H,27,28)/t20-/m0/s1. The number of H-pyrrole nitrogens is 1. The molecule has 1 saturated heterocycles. The Morgan fingerprint density at radius 3 is 2.87 bits per heavy atom. The van der Waals surface area contributed by atoms with Crippen LogP contribution in [0.15, 0.2) is 54.6 Å². The van der Waals surface area contributed by atoms with E-state index in [2.05, 4.69) is 20.4 Å². The molecule has 1 fully saturated rings. The summed E-state index contributed by atoms with van der Waals surface area (Å²) in [4.78, 5) is 14.7. The molecule has 0 spiro atoms. The molecule has 2 aromatic carbocycles. The Balaban J connectivity index is 1.32. The molecule has 3 aromatic rings. The van der Waals surface area contributed by atoms with Gasteiger partial charge < -0.3 is 15.0 Å². The van der Waals surface area contributed by atoms with Crippen LogP contribution in [-0.2, 0) is 11.2 Å². The molecule has 31 heavy (non-hydrogen) atoms. The van der Waals surface area contributed by atoms with Crippen molar-refractivity contribution in [1.29, 1.82) is 0 Å². The number of carbonyl (C=O) groups is 1. The Labute approximate surface area is 181 Å². The number of aryl methyl sites for hydroxylation is 1. The maximum Gasteiger partial charge on any atom is 0.220 e. The molecular formula is C24H27FN4O2. The Morgan fingerprint density at radius 2 is 2.06 bits per heavy atom. The van der Waals surface area contributed by atoms with E-state index in [1.165, 1.54) is 12.1 Å². The summed E-state index contributed by atoms with van der Waals surface area (Å²) in [5.74, 6) is 1.44. The first-order chi connectivity index (χ1) is 15.1. The van der Waals surface area contributed by atoms with Crippen molar-refractivity contribution in [1.82, 2.24) is 15.5 Å². The zero-order valence-corrected chi connectivity index (χ0v) is 17.6. The lowest BCUT2D eigenvalue weighted by molar-refractivity contribution is -0.121. The molecule has 1 aliphatic heterocycles. The van der Waals surface area contributed by atoms with Crippen molar-refractivity contribution < 1.29 is 13.9 Å². The second-order valence-electron chi connectivity index (χ2n) is 7.81. The van der Waals surface area contributed by atoms with Gasteiger partial charge in [-0.2, -0.15) is 5.10 Å². The van der Waals surface area contributed by atoms with E-state index in [4.69, 9.17) is 4.74 Å². The molecule has 0 aliphatic carbocycles. The lowest BCUT2D eigenvalue weighted by Crippen LogP contribution is -2.48. The van der Waals surface area contributed by atoms with Gasteiger partial charge in [-0.25, -0.2) is 4.39 Å². The van der Waals surface area contributed by atoms with Crippen molar-refractivity contribution in [2.45, 2.75) is 31.7 Å². The molecule has 7 heteroatoms. The van der Waals surface area contributed by atoms with Gasteiger partial charge >= 0.3 is 0 Å². The third kappa shape index (κ3) is 5.23. The van der Waals surface area contributed by atoms with Crippen LogP contribution in [0.2, 0.25) is 0 Å². The maximum absolute atomic E-state index is 13.2. The van der Waals surface area contributed by atoms with E-state index in [0.29, 0.717) is 19.4 Å². The lowest BCUT2D eigenvalue weighted by Gasteiger charge is -2.33. The van der Waals surface area contributed by atoms with Crippen molar-refractivity contribution in [3.05, 3.63) is 66.0 Å². The molecule has 0 unspecified atom stereocenters. The summed E-state index contributed by atoms with van der Waals surface area (Å²) in [5.41, 5.74) is 2.77. The number of nitrogens with one attached hydrogen (secondary N) is 2. The number of aromatic amines is 1. The van der Waals surface area contributed by atoms with Crippen LogP contribution in [0.5, 0.6) is 5.75 Å². The van der Waals surface area contributed by atoms with Gasteiger partial charge in [0.2, 0.25) is 5.91 Å². The minimum atomic E-state index is -0.260. The number of ether oxygens (including phenoxy) is 1. The summed E-state index contributed by atoms with van der Waals surface area (Å²) < 4.78 is 18.5. The van der Waals surface area contributed by atoms with Crippen LogP contribution in [0.3, 0.4) is 0 Å². The molecular weight excluding hydrogens is 395 g/mol. The zero-order chi connectivity index (χ0) is 21.6. The number of carbonyl (C=O) groups excluding carboxylic acids is 1. The Hall–Kier alpha value is -3.35. The molecule has 1 aliphatic rings. The molecule has 6 nitrogen and oxygen atoms in total. The SMILES string of the molecule is COc1ccccc1CCC(=O)N[C@H]1CCCN(c2cc(-c3ccc(F)cc3)[nH]n2)C1. The fraction of sp³-hybridized carbons (Fsp3) is 0.333. The van der Waals surface area contributed by atoms with Crippen LogP contribution in [-0.4, -0.2) is 42.3 Å². The fourth-order valence-electron chi connectivity index (χ4n) is 4.01. The van der Waals surface area contributed by atoms with Gasteiger partial charge in [0.15, 0.2) is 5.82 Å². The molecule has 1 atom stereocenters. The number of aromatic nitrogens is 2. The van der Waals surface area contributed by atoms with Crippen molar-refractivity contribution in [3.63, 3.8) is 0 Å². The number of anilines is 1. The summed E-state index contributed by atoms with van der Waals surface area (Å²) in [6, 6.07) is 16.2. The van der Waals surface area contributed by atoms with Gasteiger partial charge in [0.25, 0.3) is 0 Å². The monoisotopic (exact) mass is 422 g/mol. The number of hydrogen-bond donors (Lipinski definition) is 2. The quantitative estimate of drug-likeness (QED) is 0.605. The van der Waals surface area contributed by atoms with Crippen LogP contribution >= 0.6 is 0 Å². The number of piperidine rings is 1. The average molecular weight is 423 g/mol. The van der Waals surface area contributed by atoms with E-state index in [1.807, 2.05) is 30.3 Å². The normalized spacial score (nSPS) is 16.2. The minimum absolute atomic E-state index is 0.0479. The van der Waals surface area contributed by atoms with Crippen LogP contribution in [0.4, 0.5) is 10.2 Å². The highest BCUT2D eigenvalue weighted by Gasteiger charge is 2.23. The number of methoxy groups -OCH3 is 1. The van der Waals surface area contributed by atoms with E-state index in [9.17, 15) is 9.18 Å². The number of rotatable bonds is 7. The van der Waals surface area contributed by atoms with Crippen molar-refractivity contribution in [2.75, 3.05) is 25.1 Å². The molecule has 4 rings (SSSR count). The zero-order valence-electron chi connectivity index (χ0n) is 17.6. The molecule has 0 saturated carbocycles. The highest BCUT2D eigenvalue weighted by Crippen LogP contribution is 2.24. The highest BCUT2D eigenvalue weighted by molar-refractivity contribution is 5.76. The molecule has 2 N–H and O–H groups in total. The number of halogens is 1. The molecule has 1 amide bonds. The lowest BCUT2D eigenvalue weighted by atomic mass is 10.0. The summed E-state index contributed by atoms with van der Waals surface area (Å²) in [6.07, 6.45) is 3.00. The van der Waals surface area contributed by atoms with Gasteiger partial charge in [-0.1, -0.05) is 18.2 Å². The van der Waals surface area contributed by atoms with Gasteiger partial charge in [0.1, 0.15) is 11.6 Å². The van der Waals surface area contributed by atoms with E-state index in [-0.39, 0.29) is 17.8 Å². The summed E-state index contributed by atoms with van der Waals surface area (Å²) in [6.45, 7) is 1.61. The van der Waals surface area contributed by atoms with E-state index < -0.39 is 0 Å². The first-order valence-corrected chi connectivity index (χ1v) is 10.6. The summed E-state index contributed by atoms with van der Waals surface area (Å²) in [5, 5.41) is 10.6. The van der Waals surface area contributed by atoms with Crippen LogP contribution in [0.25, 0.3) is 11.3 Å². The predicted octanol–water partition coefficient (Wildman–Crippen LogP) is 3.94. The molecule has 0 bridgehead atoms.